The number of aryl methyl sites for hydroxylation is 1. The van der Waals surface area contributed by atoms with Crippen molar-refractivity contribution in [1.82, 2.24) is 25.6 Å². The van der Waals surface area contributed by atoms with Gasteiger partial charge in [0.2, 0.25) is 0 Å². The van der Waals surface area contributed by atoms with E-state index in [0.717, 1.165) is 40.3 Å². The molecular weight excluding hydrogens is 341 g/mol. The summed E-state index contributed by atoms with van der Waals surface area (Å²) in [4.78, 5) is 4.70. The third-order valence-electron chi connectivity index (χ3n) is 4.77. The fourth-order valence-electron chi connectivity index (χ4n) is 3.27. The maximum Gasteiger partial charge on any atom is 0.131 e. The quantitative estimate of drug-likeness (QED) is 0.735. The first-order valence-corrected chi connectivity index (χ1v) is 9.02. The number of H-pyrrole nitrogens is 1. The average molecular weight is 363 g/mol. The zero-order valence-electron chi connectivity index (χ0n) is 15.6. The topological polar surface area (TPSA) is 56.8 Å². The lowest BCUT2D eigenvalue weighted by molar-refractivity contribution is 0.218. The third kappa shape index (κ3) is 3.36. The molecule has 3 heterocycles. The molecule has 3 aromatic rings. The van der Waals surface area contributed by atoms with Crippen molar-refractivity contribution >= 4 is 11.3 Å². The lowest BCUT2D eigenvalue weighted by Crippen LogP contribution is -2.37. The Labute approximate surface area is 157 Å². The molecule has 1 aromatic carbocycles. The summed E-state index contributed by atoms with van der Waals surface area (Å²) in [6.45, 7) is 7.00. The molecule has 4 rings (SSSR count). The smallest absolute Gasteiger partial charge is 0.131 e. The van der Waals surface area contributed by atoms with Gasteiger partial charge in [0.25, 0.3) is 0 Å². The second kappa shape index (κ2) is 6.96. The van der Waals surface area contributed by atoms with E-state index < -0.39 is 0 Å². The minimum Gasteiger partial charge on any atom is -0.317 e. The normalized spacial score (nSPS) is 14.9. The van der Waals surface area contributed by atoms with Gasteiger partial charge >= 0.3 is 0 Å². The Bertz CT molecular complexity index is 992. The van der Waals surface area contributed by atoms with Crippen LogP contribution in [0.25, 0.3) is 22.4 Å². The van der Waals surface area contributed by atoms with Crippen molar-refractivity contribution in [2.24, 2.45) is 0 Å². The van der Waals surface area contributed by atoms with Gasteiger partial charge in [0.15, 0.2) is 0 Å². The van der Waals surface area contributed by atoms with Crippen molar-refractivity contribution in [3.8, 4) is 11.1 Å². The van der Waals surface area contributed by atoms with Gasteiger partial charge in [-0.05, 0) is 51.1 Å². The molecule has 0 amide bonds. The van der Waals surface area contributed by atoms with E-state index in [2.05, 4.69) is 34.5 Å². The van der Waals surface area contributed by atoms with Crippen molar-refractivity contribution in [3.63, 3.8) is 0 Å². The van der Waals surface area contributed by atoms with Crippen molar-refractivity contribution in [1.29, 1.82) is 0 Å². The fourth-order valence-corrected chi connectivity index (χ4v) is 3.27. The standard InChI is InChI=1S/C21H22FN5/c1-13(2)27-12-18(20-6-4-5-14(3)25-20)21(26-27)15-7-8-19(22)17(9-15)16-10-23-24-11-16/h4-11,13,26H,12H2,1-3H3,(H,23,24). The predicted molar refractivity (Wildman–Crippen MR) is 105 cm³/mol. The van der Waals surface area contributed by atoms with Gasteiger partial charge in [-0.2, -0.15) is 5.10 Å². The third-order valence-corrected chi connectivity index (χ3v) is 4.77. The number of nitrogens with zero attached hydrogens (tertiary/aromatic N) is 3. The highest BCUT2D eigenvalue weighted by atomic mass is 19.1. The lowest BCUT2D eigenvalue weighted by atomic mass is 10.00. The van der Waals surface area contributed by atoms with Crippen LogP contribution in [0.15, 0.2) is 48.8 Å². The van der Waals surface area contributed by atoms with E-state index in [1.54, 1.807) is 18.5 Å². The lowest BCUT2D eigenvalue weighted by Gasteiger charge is -2.22. The number of halogens is 1. The molecule has 0 spiro atoms. The van der Waals surface area contributed by atoms with E-state index >= 15 is 0 Å². The number of nitrogens with one attached hydrogen (secondary N) is 2. The monoisotopic (exact) mass is 363 g/mol. The van der Waals surface area contributed by atoms with E-state index in [4.69, 9.17) is 4.98 Å². The first-order valence-electron chi connectivity index (χ1n) is 9.02. The minimum absolute atomic E-state index is 0.269. The molecule has 0 aliphatic carbocycles. The molecule has 1 aliphatic rings. The Kier molecular flexibility index (Phi) is 4.49. The molecule has 0 saturated carbocycles. The van der Waals surface area contributed by atoms with Crippen LogP contribution in [0.4, 0.5) is 4.39 Å². The number of hydrazine groups is 1. The molecule has 2 aromatic heterocycles. The summed E-state index contributed by atoms with van der Waals surface area (Å²) in [6, 6.07) is 11.5. The van der Waals surface area contributed by atoms with Gasteiger partial charge in [-0.25, -0.2) is 9.40 Å². The fraction of sp³-hybridized carbons (Fsp3) is 0.238. The number of benzene rings is 1. The van der Waals surface area contributed by atoms with Crippen LogP contribution < -0.4 is 5.43 Å². The maximum atomic E-state index is 14.4. The number of aromatic nitrogens is 3. The van der Waals surface area contributed by atoms with Crippen LogP contribution in [-0.2, 0) is 0 Å². The molecule has 1 aliphatic heterocycles. The molecule has 27 heavy (non-hydrogen) atoms. The molecule has 0 radical (unpaired) electrons. The van der Waals surface area contributed by atoms with Gasteiger partial charge in [-0.3, -0.25) is 10.1 Å². The Morgan fingerprint density at radius 3 is 2.70 bits per heavy atom. The number of pyridine rings is 1. The second-order valence-corrected chi connectivity index (χ2v) is 7.03. The Morgan fingerprint density at radius 1 is 1.15 bits per heavy atom. The van der Waals surface area contributed by atoms with Crippen LogP contribution in [-0.4, -0.2) is 32.8 Å². The largest absolute Gasteiger partial charge is 0.317 e. The van der Waals surface area contributed by atoms with Crippen molar-refractivity contribution < 1.29 is 4.39 Å². The number of hydrogen-bond donors (Lipinski definition) is 2. The van der Waals surface area contributed by atoms with Gasteiger partial charge in [-0.15, -0.1) is 0 Å². The molecule has 5 nitrogen and oxygen atoms in total. The highest BCUT2D eigenvalue weighted by molar-refractivity contribution is 5.92. The van der Waals surface area contributed by atoms with Gasteiger partial charge in [0.05, 0.1) is 17.6 Å². The van der Waals surface area contributed by atoms with Crippen LogP contribution in [0.5, 0.6) is 0 Å². The molecule has 0 unspecified atom stereocenters. The first-order chi connectivity index (χ1) is 13.0. The van der Waals surface area contributed by atoms with Crippen LogP contribution in [0.2, 0.25) is 0 Å². The Balaban J connectivity index is 1.83. The molecule has 0 fully saturated rings. The Hall–Kier alpha value is -2.99. The molecule has 0 bridgehead atoms. The number of aromatic amines is 1. The van der Waals surface area contributed by atoms with Crippen molar-refractivity contribution in [3.05, 3.63) is 71.6 Å². The number of hydrogen-bond acceptors (Lipinski definition) is 4. The summed E-state index contributed by atoms with van der Waals surface area (Å²) in [5.74, 6) is -0.269. The van der Waals surface area contributed by atoms with Crippen molar-refractivity contribution in [2.75, 3.05) is 6.54 Å². The Morgan fingerprint density at radius 2 is 2.00 bits per heavy atom. The molecule has 0 atom stereocenters. The SMILES string of the molecule is Cc1cccc(C2=C(c3ccc(F)c(-c4cn[nH]c4)c3)NN(C(C)C)C2)n1. The van der Waals surface area contributed by atoms with Crippen LogP contribution in [0.1, 0.15) is 30.8 Å². The van der Waals surface area contributed by atoms with E-state index in [9.17, 15) is 4.39 Å². The van der Waals surface area contributed by atoms with Gasteiger partial charge in [0.1, 0.15) is 5.82 Å². The highest BCUT2D eigenvalue weighted by Crippen LogP contribution is 2.33. The summed E-state index contributed by atoms with van der Waals surface area (Å²) in [7, 11) is 0. The number of rotatable bonds is 4. The van der Waals surface area contributed by atoms with Gasteiger partial charge < -0.3 is 5.43 Å². The predicted octanol–water partition coefficient (Wildman–Crippen LogP) is 4.02. The van der Waals surface area contributed by atoms with Crippen LogP contribution in [0.3, 0.4) is 0 Å². The van der Waals surface area contributed by atoms with Gasteiger partial charge in [0, 0.05) is 46.7 Å². The maximum absolute atomic E-state index is 14.4. The molecule has 6 heteroatoms. The van der Waals surface area contributed by atoms with Crippen LogP contribution in [0, 0.1) is 12.7 Å². The molecular formula is C21H22FN5. The highest BCUT2D eigenvalue weighted by Gasteiger charge is 2.26. The van der Waals surface area contributed by atoms with E-state index in [-0.39, 0.29) is 5.82 Å². The zero-order valence-corrected chi connectivity index (χ0v) is 15.6. The summed E-state index contributed by atoms with van der Waals surface area (Å²) in [5.41, 5.74) is 9.65. The van der Waals surface area contributed by atoms with E-state index in [1.165, 1.54) is 6.07 Å². The molecule has 2 N–H and O–H groups in total. The minimum atomic E-state index is -0.269. The van der Waals surface area contributed by atoms with Crippen molar-refractivity contribution in [2.45, 2.75) is 26.8 Å². The van der Waals surface area contributed by atoms with E-state index in [0.29, 0.717) is 11.6 Å². The van der Waals surface area contributed by atoms with E-state index in [1.807, 2.05) is 31.2 Å². The summed E-state index contributed by atoms with van der Waals surface area (Å²) in [5, 5.41) is 8.84. The second-order valence-electron chi connectivity index (χ2n) is 7.03. The molecule has 138 valence electrons. The zero-order chi connectivity index (χ0) is 19.0. The van der Waals surface area contributed by atoms with Gasteiger partial charge in [-0.1, -0.05) is 6.07 Å². The first kappa shape index (κ1) is 17.4. The summed E-state index contributed by atoms with van der Waals surface area (Å²) < 4.78 is 14.4. The molecule has 0 saturated heterocycles. The average Bonchev–Trinajstić information content (AvgIpc) is 3.32. The summed E-state index contributed by atoms with van der Waals surface area (Å²) in [6.07, 6.45) is 3.32. The van der Waals surface area contributed by atoms with Crippen LogP contribution >= 0.6 is 0 Å². The summed E-state index contributed by atoms with van der Waals surface area (Å²) >= 11 is 0.